The third-order valence-corrected chi connectivity index (χ3v) is 3.53. The summed E-state index contributed by atoms with van der Waals surface area (Å²) in [5.74, 6) is -0.865. The molecule has 0 aliphatic rings. The number of anilines is 1. The number of carbonyl (C=O) groups is 2. The van der Waals surface area contributed by atoms with Crippen molar-refractivity contribution >= 4 is 40.8 Å². The van der Waals surface area contributed by atoms with Crippen LogP contribution >= 0.6 is 23.2 Å². The van der Waals surface area contributed by atoms with Crippen molar-refractivity contribution < 1.29 is 14.3 Å². The summed E-state index contributed by atoms with van der Waals surface area (Å²) in [6.07, 6.45) is 0. The number of ether oxygens (including phenoxy) is 1. The van der Waals surface area contributed by atoms with E-state index in [9.17, 15) is 9.59 Å². The van der Waals surface area contributed by atoms with Crippen molar-refractivity contribution in [2.45, 2.75) is 19.9 Å². The molecule has 5 nitrogen and oxygen atoms in total. The van der Waals surface area contributed by atoms with Crippen molar-refractivity contribution in [3.8, 4) is 0 Å². The van der Waals surface area contributed by atoms with Gasteiger partial charge in [-0.25, -0.2) is 0 Å². The minimum Gasteiger partial charge on any atom is -0.468 e. The molecule has 0 spiro atoms. The first-order chi connectivity index (χ1) is 9.27. The van der Waals surface area contributed by atoms with E-state index in [1.165, 1.54) is 24.1 Å². The molecule has 0 heterocycles. The van der Waals surface area contributed by atoms with Crippen LogP contribution in [0.2, 0.25) is 10.0 Å². The quantitative estimate of drug-likeness (QED) is 0.684. The number of nitrogens with zero attached hydrogens (tertiary/aromatic N) is 1. The van der Waals surface area contributed by atoms with Crippen LogP contribution < -0.4 is 5.73 Å². The highest BCUT2D eigenvalue weighted by Crippen LogP contribution is 2.30. The lowest BCUT2D eigenvalue weighted by Crippen LogP contribution is -2.41. The fourth-order valence-corrected chi connectivity index (χ4v) is 1.93. The summed E-state index contributed by atoms with van der Waals surface area (Å²) in [7, 11) is 1.27. The Balaban J connectivity index is 3.10. The second-order valence-electron chi connectivity index (χ2n) is 4.46. The minimum atomic E-state index is -0.500. The van der Waals surface area contributed by atoms with Gasteiger partial charge in [-0.3, -0.25) is 9.59 Å². The second kappa shape index (κ2) is 6.81. The van der Waals surface area contributed by atoms with Crippen molar-refractivity contribution in [3.63, 3.8) is 0 Å². The summed E-state index contributed by atoms with van der Waals surface area (Å²) in [6.45, 7) is 3.44. The molecule has 0 atom stereocenters. The van der Waals surface area contributed by atoms with Gasteiger partial charge in [0, 0.05) is 11.6 Å². The highest BCUT2D eigenvalue weighted by Gasteiger charge is 2.23. The number of methoxy groups -OCH3 is 1. The number of esters is 1. The van der Waals surface area contributed by atoms with Crippen LogP contribution in [0.3, 0.4) is 0 Å². The summed E-state index contributed by atoms with van der Waals surface area (Å²) in [4.78, 5) is 25.1. The van der Waals surface area contributed by atoms with Gasteiger partial charge in [0.05, 0.1) is 22.8 Å². The molecule has 0 bridgehead atoms. The Kier molecular flexibility index (Phi) is 5.65. The Morgan fingerprint density at radius 3 is 2.40 bits per heavy atom. The highest BCUT2D eigenvalue weighted by molar-refractivity contribution is 6.43. The topological polar surface area (TPSA) is 72.6 Å². The standard InChI is InChI=1S/C13H16Cl2N2O3/c1-7(2)17(6-11(18)20-3)13(19)8-4-9(14)12(15)10(16)5-8/h4-5,7H,6,16H2,1-3H3. The van der Waals surface area contributed by atoms with Crippen molar-refractivity contribution in [2.24, 2.45) is 0 Å². The molecule has 0 aliphatic carbocycles. The molecule has 2 N–H and O–H groups in total. The first-order valence-corrected chi connectivity index (χ1v) is 6.65. The summed E-state index contributed by atoms with van der Waals surface area (Å²) < 4.78 is 4.58. The van der Waals surface area contributed by atoms with Crippen LogP contribution in [0, 0.1) is 0 Å². The molecule has 0 unspecified atom stereocenters. The maximum absolute atomic E-state index is 12.4. The van der Waals surface area contributed by atoms with E-state index in [2.05, 4.69) is 4.74 Å². The molecule has 0 radical (unpaired) electrons. The average Bonchev–Trinajstić information content (AvgIpc) is 2.40. The van der Waals surface area contributed by atoms with Gasteiger partial charge in [-0.15, -0.1) is 0 Å². The molecule has 1 amide bonds. The Bertz CT molecular complexity index is 509. The zero-order chi connectivity index (χ0) is 15.4. The maximum Gasteiger partial charge on any atom is 0.325 e. The highest BCUT2D eigenvalue weighted by atomic mass is 35.5. The normalized spacial score (nSPS) is 10.5. The van der Waals surface area contributed by atoms with Crippen LogP contribution in [0.25, 0.3) is 0 Å². The van der Waals surface area contributed by atoms with Crippen LogP contribution in [0.5, 0.6) is 0 Å². The lowest BCUT2D eigenvalue weighted by atomic mass is 10.1. The molecule has 7 heteroatoms. The molecular weight excluding hydrogens is 303 g/mol. The van der Waals surface area contributed by atoms with E-state index >= 15 is 0 Å². The predicted molar refractivity (Wildman–Crippen MR) is 79.1 cm³/mol. The molecule has 1 aromatic rings. The third-order valence-electron chi connectivity index (χ3n) is 2.71. The van der Waals surface area contributed by atoms with E-state index in [-0.39, 0.29) is 39.8 Å². The number of nitrogens with two attached hydrogens (primary N) is 1. The fourth-order valence-electron chi connectivity index (χ4n) is 1.59. The number of hydrogen-bond acceptors (Lipinski definition) is 4. The third kappa shape index (κ3) is 3.77. The van der Waals surface area contributed by atoms with E-state index in [1.807, 2.05) is 0 Å². The smallest absolute Gasteiger partial charge is 0.325 e. The molecule has 0 saturated heterocycles. The van der Waals surface area contributed by atoms with Gasteiger partial charge in [-0.1, -0.05) is 23.2 Å². The SMILES string of the molecule is COC(=O)CN(C(=O)c1cc(N)c(Cl)c(Cl)c1)C(C)C. The van der Waals surface area contributed by atoms with Gasteiger partial charge in [0.25, 0.3) is 5.91 Å². The molecule has 0 aromatic heterocycles. The van der Waals surface area contributed by atoms with Crippen LogP contribution in [-0.2, 0) is 9.53 Å². The lowest BCUT2D eigenvalue weighted by molar-refractivity contribution is -0.141. The Morgan fingerprint density at radius 1 is 1.35 bits per heavy atom. The number of carbonyl (C=O) groups excluding carboxylic acids is 2. The summed E-state index contributed by atoms with van der Waals surface area (Å²) in [5, 5.41) is 0.393. The number of halogens is 2. The van der Waals surface area contributed by atoms with E-state index in [4.69, 9.17) is 28.9 Å². The largest absolute Gasteiger partial charge is 0.468 e. The number of hydrogen-bond donors (Lipinski definition) is 1. The van der Waals surface area contributed by atoms with Crippen molar-refractivity contribution in [1.29, 1.82) is 0 Å². The molecule has 1 aromatic carbocycles. The van der Waals surface area contributed by atoms with Crippen molar-refractivity contribution in [3.05, 3.63) is 27.7 Å². The lowest BCUT2D eigenvalue weighted by Gasteiger charge is -2.25. The molecule has 1 rings (SSSR count). The van der Waals surface area contributed by atoms with Gasteiger partial charge in [0.15, 0.2) is 0 Å². The maximum atomic E-state index is 12.4. The van der Waals surface area contributed by atoms with Gasteiger partial charge >= 0.3 is 5.97 Å². The number of amides is 1. The molecule has 20 heavy (non-hydrogen) atoms. The fraction of sp³-hybridized carbons (Fsp3) is 0.385. The van der Waals surface area contributed by atoms with Crippen LogP contribution in [0.1, 0.15) is 24.2 Å². The Hall–Kier alpha value is -1.46. The van der Waals surface area contributed by atoms with Gasteiger partial charge in [0.2, 0.25) is 0 Å². The Morgan fingerprint density at radius 2 is 1.95 bits per heavy atom. The molecular formula is C13H16Cl2N2O3. The zero-order valence-corrected chi connectivity index (χ0v) is 13.0. The Labute approximate surface area is 127 Å². The van der Waals surface area contributed by atoms with Crippen LogP contribution in [0.4, 0.5) is 5.69 Å². The van der Waals surface area contributed by atoms with Gasteiger partial charge in [0.1, 0.15) is 6.54 Å². The zero-order valence-electron chi connectivity index (χ0n) is 11.4. The predicted octanol–water partition coefficient (Wildman–Crippen LogP) is 2.60. The van der Waals surface area contributed by atoms with Crippen LogP contribution in [-0.4, -0.2) is 36.5 Å². The van der Waals surface area contributed by atoms with E-state index in [0.29, 0.717) is 0 Å². The van der Waals surface area contributed by atoms with Gasteiger partial charge in [-0.05, 0) is 26.0 Å². The molecule has 0 aliphatic heterocycles. The average molecular weight is 319 g/mol. The first kappa shape index (κ1) is 16.6. The molecule has 110 valence electrons. The van der Waals surface area contributed by atoms with Crippen LogP contribution in [0.15, 0.2) is 12.1 Å². The summed E-state index contributed by atoms with van der Waals surface area (Å²) in [6, 6.07) is 2.68. The van der Waals surface area contributed by atoms with Gasteiger partial charge in [-0.2, -0.15) is 0 Å². The van der Waals surface area contributed by atoms with E-state index in [1.54, 1.807) is 13.8 Å². The minimum absolute atomic E-state index is 0.146. The second-order valence-corrected chi connectivity index (χ2v) is 5.25. The molecule has 0 fully saturated rings. The number of rotatable bonds is 4. The number of nitrogen functional groups attached to an aromatic ring is 1. The first-order valence-electron chi connectivity index (χ1n) is 5.90. The van der Waals surface area contributed by atoms with E-state index < -0.39 is 5.97 Å². The van der Waals surface area contributed by atoms with Gasteiger partial charge < -0.3 is 15.4 Å². The van der Waals surface area contributed by atoms with E-state index in [0.717, 1.165) is 0 Å². The van der Waals surface area contributed by atoms with Crippen molar-refractivity contribution in [1.82, 2.24) is 4.90 Å². The molecule has 0 saturated carbocycles. The summed E-state index contributed by atoms with van der Waals surface area (Å²) in [5.41, 5.74) is 6.17. The monoisotopic (exact) mass is 318 g/mol. The number of benzene rings is 1. The van der Waals surface area contributed by atoms with Crippen molar-refractivity contribution in [2.75, 3.05) is 19.4 Å². The summed E-state index contributed by atoms with van der Waals surface area (Å²) >= 11 is 11.8.